The SMILES string of the molecule is COc1ccc(Cl)cc1Nc1ccc(N)cc1C(N)=O. The van der Waals surface area contributed by atoms with Crippen molar-refractivity contribution in [2.24, 2.45) is 5.73 Å². The van der Waals surface area contributed by atoms with Crippen molar-refractivity contribution in [3.63, 3.8) is 0 Å². The largest absolute Gasteiger partial charge is 0.495 e. The summed E-state index contributed by atoms with van der Waals surface area (Å²) in [6, 6.07) is 10.0. The van der Waals surface area contributed by atoms with Crippen LogP contribution in [0.2, 0.25) is 5.02 Å². The number of ether oxygens (including phenoxy) is 1. The number of carbonyl (C=O) groups excluding carboxylic acids is 1. The fourth-order valence-corrected chi connectivity index (χ4v) is 1.97. The number of anilines is 3. The van der Waals surface area contributed by atoms with Crippen LogP contribution in [0.5, 0.6) is 5.75 Å². The number of nitrogens with one attached hydrogen (secondary N) is 1. The van der Waals surface area contributed by atoms with Gasteiger partial charge in [0.15, 0.2) is 0 Å². The van der Waals surface area contributed by atoms with Crippen LogP contribution in [0.15, 0.2) is 36.4 Å². The third-order valence-corrected chi connectivity index (χ3v) is 2.98. The molecular weight excluding hydrogens is 278 g/mol. The third kappa shape index (κ3) is 2.95. The second-order valence-electron chi connectivity index (χ2n) is 4.14. The average molecular weight is 292 g/mol. The van der Waals surface area contributed by atoms with Crippen LogP contribution in [-0.2, 0) is 0 Å². The highest BCUT2D eigenvalue weighted by atomic mass is 35.5. The van der Waals surface area contributed by atoms with Crippen LogP contribution in [0.25, 0.3) is 0 Å². The number of hydrogen-bond acceptors (Lipinski definition) is 4. The fraction of sp³-hybridized carbons (Fsp3) is 0.0714. The van der Waals surface area contributed by atoms with Gasteiger partial charge in [0.2, 0.25) is 0 Å². The second-order valence-corrected chi connectivity index (χ2v) is 4.58. The van der Waals surface area contributed by atoms with Crippen molar-refractivity contribution in [2.45, 2.75) is 0 Å². The van der Waals surface area contributed by atoms with Gasteiger partial charge in [-0.25, -0.2) is 0 Å². The standard InChI is InChI=1S/C14H14ClN3O2/c1-20-13-5-2-8(15)6-12(13)18-11-4-3-9(16)7-10(11)14(17)19/h2-7,18H,16H2,1H3,(H2,17,19). The van der Waals surface area contributed by atoms with Crippen molar-refractivity contribution < 1.29 is 9.53 Å². The maximum absolute atomic E-state index is 11.5. The Balaban J connectivity index is 2.44. The highest BCUT2D eigenvalue weighted by molar-refractivity contribution is 6.31. The Bertz CT molecular complexity index is 659. The van der Waals surface area contributed by atoms with Crippen LogP contribution in [0.3, 0.4) is 0 Å². The lowest BCUT2D eigenvalue weighted by atomic mass is 10.1. The number of nitrogen functional groups attached to an aromatic ring is 1. The molecule has 5 nitrogen and oxygen atoms in total. The van der Waals surface area contributed by atoms with Gasteiger partial charge in [0, 0.05) is 10.7 Å². The number of rotatable bonds is 4. The number of benzene rings is 2. The minimum atomic E-state index is -0.569. The summed E-state index contributed by atoms with van der Waals surface area (Å²) in [6.45, 7) is 0. The molecule has 20 heavy (non-hydrogen) atoms. The Morgan fingerprint density at radius 1 is 1.20 bits per heavy atom. The van der Waals surface area contributed by atoms with E-state index in [1.807, 2.05) is 0 Å². The number of amides is 1. The van der Waals surface area contributed by atoms with Gasteiger partial charge in [-0.1, -0.05) is 11.6 Å². The lowest BCUT2D eigenvalue weighted by Gasteiger charge is -2.14. The van der Waals surface area contributed by atoms with Crippen LogP contribution in [0.4, 0.5) is 17.1 Å². The molecule has 2 rings (SSSR count). The van der Waals surface area contributed by atoms with E-state index in [0.29, 0.717) is 33.4 Å². The summed E-state index contributed by atoms with van der Waals surface area (Å²) in [4.78, 5) is 11.5. The monoisotopic (exact) mass is 291 g/mol. The van der Waals surface area contributed by atoms with Crippen LogP contribution in [0.1, 0.15) is 10.4 Å². The molecule has 104 valence electrons. The molecule has 0 saturated heterocycles. The molecule has 2 aromatic carbocycles. The normalized spacial score (nSPS) is 10.1. The van der Waals surface area contributed by atoms with Crippen molar-refractivity contribution in [3.8, 4) is 5.75 Å². The summed E-state index contributed by atoms with van der Waals surface area (Å²) in [5, 5.41) is 3.62. The summed E-state index contributed by atoms with van der Waals surface area (Å²) in [6.07, 6.45) is 0. The van der Waals surface area contributed by atoms with Gasteiger partial charge in [0.05, 0.1) is 24.0 Å². The third-order valence-electron chi connectivity index (χ3n) is 2.74. The van der Waals surface area contributed by atoms with E-state index in [9.17, 15) is 4.79 Å². The van der Waals surface area contributed by atoms with Crippen molar-refractivity contribution in [1.82, 2.24) is 0 Å². The van der Waals surface area contributed by atoms with E-state index >= 15 is 0 Å². The maximum Gasteiger partial charge on any atom is 0.250 e. The molecule has 0 aliphatic rings. The van der Waals surface area contributed by atoms with E-state index in [2.05, 4.69) is 5.32 Å². The van der Waals surface area contributed by atoms with Gasteiger partial charge in [-0.05, 0) is 36.4 Å². The van der Waals surface area contributed by atoms with Crippen molar-refractivity contribution in [3.05, 3.63) is 47.0 Å². The summed E-state index contributed by atoms with van der Waals surface area (Å²) in [5.41, 5.74) is 12.9. The number of primary amides is 1. The van der Waals surface area contributed by atoms with E-state index in [0.717, 1.165) is 0 Å². The van der Waals surface area contributed by atoms with Crippen molar-refractivity contribution in [1.29, 1.82) is 0 Å². The van der Waals surface area contributed by atoms with Crippen LogP contribution in [-0.4, -0.2) is 13.0 Å². The number of nitrogens with two attached hydrogens (primary N) is 2. The summed E-state index contributed by atoms with van der Waals surface area (Å²) >= 11 is 5.96. The molecule has 0 bridgehead atoms. The highest BCUT2D eigenvalue weighted by Gasteiger charge is 2.11. The Labute approximate surface area is 121 Å². The first-order valence-electron chi connectivity index (χ1n) is 5.81. The van der Waals surface area contributed by atoms with Crippen LogP contribution in [0, 0.1) is 0 Å². The zero-order valence-electron chi connectivity index (χ0n) is 10.8. The predicted molar refractivity (Wildman–Crippen MR) is 80.7 cm³/mol. The Hall–Kier alpha value is -2.40. The summed E-state index contributed by atoms with van der Waals surface area (Å²) in [7, 11) is 1.55. The lowest BCUT2D eigenvalue weighted by molar-refractivity contribution is 0.100. The van der Waals surface area contributed by atoms with Gasteiger partial charge >= 0.3 is 0 Å². The first-order valence-corrected chi connectivity index (χ1v) is 6.19. The number of methoxy groups -OCH3 is 1. The molecule has 0 atom stereocenters. The first kappa shape index (κ1) is 14.0. The molecule has 6 heteroatoms. The molecule has 0 fully saturated rings. The first-order chi connectivity index (χ1) is 9.51. The molecule has 0 saturated carbocycles. The second kappa shape index (κ2) is 5.71. The zero-order chi connectivity index (χ0) is 14.7. The van der Waals surface area contributed by atoms with Crippen molar-refractivity contribution >= 4 is 34.6 Å². The smallest absolute Gasteiger partial charge is 0.250 e. The molecular formula is C14H14ClN3O2. The Morgan fingerprint density at radius 2 is 1.95 bits per heavy atom. The predicted octanol–water partition coefficient (Wildman–Crippen LogP) is 2.77. The molecule has 0 unspecified atom stereocenters. The molecule has 5 N–H and O–H groups in total. The number of hydrogen-bond donors (Lipinski definition) is 3. The van der Waals surface area contributed by atoms with E-state index in [4.69, 9.17) is 27.8 Å². The number of carbonyl (C=O) groups is 1. The number of halogens is 1. The van der Waals surface area contributed by atoms with Gasteiger partial charge < -0.3 is 21.5 Å². The van der Waals surface area contributed by atoms with Crippen LogP contribution < -0.4 is 21.5 Å². The van der Waals surface area contributed by atoms with E-state index in [-0.39, 0.29) is 0 Å². The lowest BCUT2D eigenvalue weighted by Crippen LogP contribution is -2.14. The Morgan fingerprint density at radius 3 is 2.60 bits per heavy atom. The summed E-state index contributed by atoms with van der Waals surface area (Å²) in [5.74, 6) is 0.0300. The molecule has 0 heterocycles. The fourth-order valence-electron chi connectivity index (χ4n) is 1.80. The molecule has 0 radical (unpaired) electrons. The zero-order valence-corrected chi connectivity index (χ0v) is 11.6. The molecule has 0 aliphatic heterocycles. The van der Waals surface area contributed by atoms with E-state index < -0.39 is 5.91 Å². The molecule has 2 aromatic rings. The molecule has 0 aliphatic carbocycles. The summed E-state index contributed by atoms with van der Waals surface area (Å²) < 4.78 is 5.23. The van der Waals surface area contributed by atoms with Crippen molar-refractivity contribution in [2.75, 3.05) is 18.2 Å². The highest BCUT2D eigenvalue weighted by Crippen LogP contribution is 2.32. The molecule has 0 aromatic heterocycles. The minimum Gasteiger partial charge on any atom is -0.495 e. The van der Waals surface area contributed by atoms with Gasteiger partial charge in [-0.3, -0.25) is 4.79 Å². The van der Waals surface area contributed by atoms with Gasteiger partial charge in [-0.15, -0.1) is 0 Å². The molecule has 0 spiro atoms. The van der Waals surface area contributed by atoms with Gasteiger partial charge in [0.25, 0.3) is 5.91 Å². The topological polar surface area (TPSA) is 90.4 Å². The Kier molecular flexibility index (Phi) is 4.00. The van der Waals surface area contributed by atoms with Crippen LogP contribution >= 0.6 is 11.6 Å². The van der Waals surface area contributed by atoms with Gasteiger partial charge in [0.1, 0.15) is 5.75 Å². The van der Waals surface area contributed by atoms with E-state index in [1.165, 1.54) is 6.07 Å². The van der Waals surface area contributed by atoms with E-state index in [1.54, 1.807) is 37.4 Å². The maximum atomic E-state index is 11.5. The molecule has 1 amide bonds. The van der Waals surface area contributed by atoms with Gasteiger partial charge in [-0.2, -0.15) is 0 Å². The average Bonchev–Trinajstić information content (AvgIpc) is 2.41. The minimum absolute atomic E-state index is 0.298. The quantitative estimate of drug-likeness (QED) is 0.756.